The van der Waals surface area contributed by atoms with E-state index in [9.17, 15) is 18.6 Å². The fourth-order valence-electron chi connectivity index (χ4n) is 2.05. The first-order chi connectivity index (χ1) is 11.3. The molecule has 7 heteroatoms. The summed E-state index contributed by atoms with van der Waals surface area (Å²) in [5, 5.41) is 22.3. The number of hydrazone groups is 1. The summed E-state index contributed by atoms with van der Waals surface area (Å²) in [5.41, 5.74) is 1.53. The van der Waals surface area contributed by atoms with Gasteiger partial charge in [-0.05, 0) is 53.8 Å². The smallest absolute Gasteiger partial charge is 0.276 e. The van der Waals surface area contributed by atoms with Crippen molar-refractivity contribution in [2.24, 2.45) is 5.10 Å². The molecule has 0 bridgehead atoms. The molecule has 1 atom stereocenters. The van der Waals surface area contributed by atoms with E-state index in [0.29, 0.717) is 11.5 Å². The number of nitrogens with zero attached hydrogens (tertiary/aromatic N) is 1. The summed E-state index contributed by atoms with van der Waals surface area (Å²) < 4.78 is 24.4. The van der Waals surface area contributed by atoms with E-state index >= 15 is 0 Å². The lowest BCUT2D eigenvalue weighted by Gasteiger charge is -2.09. The number of hydrogen-bond donors (Lipinski definition) is 3. The number of rotatable bonds is 6. The van der Waals surface area contributed by atoms with Crippen molar-refractivity contribution in [1.29, 1.82) is 0 Å². The van der Waals surface area contributed by atoms with Crippen LogP contribution in [0.15, 0.2) is 52.5 Å². The van der Waals surface area contributed by atoms with Gasteiger partial charge in [-0.15, -0.1) is 0 Å². The molecule has 0 fully saturated rings. The van der Waals surface area contributed by atoms with E-state index < -0.39 is 10.0 Å². The lowest BCUT2D eigenvalue weighted by atomic mass is 9.99. The zero-order chi connectivity index (χ0) is 17.7. The van der Waals surface area contributed by atoms with E-state index in [-0.39, 0.29) is 16.4 Å². The molecule has 0 aliphatic rings. The normalized spacial score (nSPS) is 13.1. The van der Waals surface area contributed by atoms with Crippen molar-refractivity contribution in [3.63, 3.8) is 0 Å². The summed E-state index contributed by atoms with van der Waals surface area (Å²) in [7, 11) is -3.76. The van der Waals surface area contributed by atoms with E-state index in [1.54, 1.807) is 24.3 Å². The van der Waals surface area contributed by atoms with E-state index in [2.05, 4.69) is 23.8 Å². The minimum Gasteiger partial charge on any atom is -0.504 e. The molecule has 2 aromatic rings. The molecule has 6 nitrogen and oxygen atoms in total. The number of phenolic OH excluding ortho intramolecular Hbond substituents is 2. The third kappa shape index (κ3) is 4.26. The molecule has 0 heterocycles. The Labute approximate surface area is 141 Å². The molecule has 0 spiro atoms. The van der Waals surface area contributed by atoms with E-state index in [4.69, 9.17) is 0 Å². The molecule has 3 N–H and O–H groups in total. The standard InChI is InChI=1S/C17H20N2O4S/c1-3-12(2)14-5-7-15(8-6-14)24(22,23)19-18-11-13-4-9-16(20)17(21)10-13/h4-12,19-21H,3H2,1-2H3/b18-11-/t12-/m0/s1. The van der Waals surface area contributed by atoms with Crippen LogP contribution in [0.5, 0.6) is 11.5 Å². The lowest BCUT2D eigenvalue weighted by Crippen LogP contribution is -2.18. The fourth-order valence-corrected chi connectivity index (χ4v) is 2.85. The van der Waals surface area contributed by atoms with Crippen LogP contribution in [0.4, 0.5) is 0 Å². The second-order valence-corrected chi connectivity index (χ2v) is 7.14. The van der Waals surface area contributed by atoms with Crippen molar-refractivity contribution >= 4 is 16.2 Å². The Hall–Kier alpha value is -2.54. The maximum Gasteiger partial charge on any atom is 0.276 e. The van der Waals surface area contributed by atoms with Crippen LogP contribution in [0.2, 0.25) is 0 Å². The minimum atomic E-state index is -3.76. The average molecular weight is 348 g/mol. The van der Waals surface area contributed by atoms with Crippen molar-refractivity contribution in [3.8, 4) is 11.5 Å². The summed E-state index contributed by atoms with van der Waals surface area (Å²) >= 11 is 0. The Morgan fingerprint density at radius 2 is 1.79 bits per heavy atom. The van der Waals surface area contributed by atoms with Gasteiger partial charge in [0.25, 0.3) is 10.0 Å². The van der Waals surface area contributed by atoms with Crippen molar-refractivity contribution < 1.29 is 18.6 Å². The van der Waals surface area contributed by atoms with Gasteiger partial charge in [-0.25, -0.2) is 4.83 Å². The maximum absolute atomic E-state index is 12.2. The second kappa shape index (κ2) is 7.35. The molecule has 0 saturated heterocycles. The number of phenols is 2. The summed E-state index contributed by atoms with van der Waals surface area (Å²) in [4.78, 5) is 2.24. The molecular formula is C17H20N2O4S. The Kier molecular flexibility index (Phi) is 5.46. The molecule has 0 aliphatic heterocycles. The van der Waals surface area contributed by atoms with Gasteiger partial charge in [0.1, 0.15) is 0 Å². The second-order valence-electron chi connectivity index (χ2n) is 5.48. The third-order valence-electron chi connectivity index (χ3n) is 3.76. The van der Waals surface area contributed by atoms with Crippen LogP contribution in [0.3, 0.4) is 0 Å². The molecule has 0 saturated carbocycles. The Morgan fingerprint density at radius 1 is 1.12 bits per heavy atom. The minimum absolute atomic E-state index is 0.125. The Morgan fingerprint density at radius 3 is 2.38 bits per heavy atom. The zero-order valence-electron chi connectivity index (χ0n) is 13.5. The number of hydrogen-bond acceptors (Lipinski definition) is 5. The van der Waals surface area contributed by atoms with Crippen LogP contribution in [0.1, 0.15) is 37.3 Å². The number of sulfonamides is 1. The number of aromatic hydroxyl groups is 2. The zero-order valence-corrected chi connectivity index (χ0v) is 14.3. The largest absolute Gasteiger partial charge is 0.504 e. The van der Waals surface area contributed by atoms with Gasteiger partial charge in [-0.2, -0.15) is 13.5 Å². The average Bonchev–Trinajstić information content (AvgIpc) is 2.57. The topological polar surface area (TPSA) is 99.0 Å². The highest BCUT2D eigenvalue weighted by atomic mass is 32.2. The van der Waals surface area contributed by atoms with Crippen LogP contribution in [0.25, 0.3) is 0 Å². The molecule has 2 rings (SSSR count). The summed E-state index contributed by atoms with van der Waals surface area (Å²) in [6.07, 6.45) is 2.22. The first-order valence-corrected chi connectivity index (χ1v) is 8.98. The van der Waals surface area contributed by atoms with Crippen LogP contribution >= 0.6 is 0 Å². The van der Waals surface area contributed by atoms with E-state index in [1.807, 2.05) is 0 Å². The SMILES string of the molecule is CC[C@H](C)c1ccc(S(=O)(=O)N/N=C\c2ccc(O)c(O)c2)cc1. The molecule has 0 aliphatic carbocycles. The summed E-state index contributed by atoms with van der Waals surface area (Å²) in [6, 6.07) is 10.7. The number of nitrogens with one attached hydrogen (secondary N) is 1. The summed E-state index contributed by atoms with van der Waals surface area (Å²) in [6.45, 7) is 4.16. The van der Waals surface area contributed by atoms with Crippen molar-refractivity contribution in [3.05, 3.63) is 53.6 Å². The number of benzene rings is 2. The molecule has 24 heavy (non-hydrogen) atoms. The van der Waals surface area contributed by atoms with E-state index in [1.165, 1.54) is 24.4 Å². The van der Waals surface area contributed by atoms with Crippen molar-refractivity contribution in [2.75, 3.05) is 0 Å². The first kappa shape index (κ1) is 17.8. The van der Waals surface area contributed by atoms with Gasteiger partial charge in [-0.3, -0.25) is 0 Å². The monoisotopic (exact) mass is 348 g/mol. The van der Waals surface area contributed by atoms with Crippen molar-refractivity contribution in [2.45, 2.75) is 31.1 Å². The van der Waals surface area contributed by atoms with Gasteiger partial charge < -0.3 is 10.2 Å². The van der Waals surface area contributed by atoms with Crippen LogP contribution in [0, 0.1) is 0 Å². The van der Waals surface area contributed by atoms with Crippen LogP contribution in [-0.4, -0.2) is 24.8 Å². The molecule has 2 aromatic carbocycles. The maximum atomic E-state index is 12.2. The third-order valence-corrected chi connectivity index (χ3v) is 5.00. The fraction of sp³-hybridized carbons (Fsp3) is 0.235. The van der Waals surface area contributed by atoms with Crippen molar-refractivity contribution in [1.82, 2.24) is 4.83 Å². The molecule has 0 amide bonds. The van der Waals surface area contributed by atoms with Crippen LogP contribution in [-0.2, 0) is 10.0 Å². The lowest BCUT2D eigenvalue weighted by molar-refractivity contribution is 0.403. The molecular weight excluding hydrogens is 328 g/mol. The quantitative estimate of drug-likeness (QED) is 0.424. The van der Waals surface area contributed by atoms with Gasteiger partial charge >= 0.3 is 0 Å². The predicted molar refractivity (Wildman–Crippen MR) is 92.8 cm³/mol. The Balaban J connectivity index is 2.10. The molecule has 128 valence electrons. The van der Waals surface area contributed by atoms with Gasteiger partial charge in [-0.1, -0.05) is 26.0 Å². The van der Waals surface area contributed by atoms with E-state index in [0.717, 1.165) is 12.0 Å². The first-order valence-electron chi connectivity index (χ1n) is 7.50. The summed E-state index contributed by atoms with van der Waals surface area (Å²) in [5.74, 6) is -0.188. The van der Waals surface area contributed by atoms with Gasteiger partial charge in [0, 0.05) is 0 Å². The molecule has 0 aromatic heterocycles. The highest BCUT2D eigenvalue weighted by Gasteiger charge is 2.13. The highest BCUT2D eigenvalue weighted by molar-refractivity contribution is 7.89. The molecule has 0 unspecified atom stereocenters. The van der Waals surface area contributed by atoms with Gasteiger partial charge in [0.05, 0.1) is 11.1 Å². The van der Waals surface area contributed by atoms with Gasteiger partial charge in [0.2, 0.25) is 0 Å². The Bertz CT molecular complexity index is 830. The van der Waals surface area contributed by atoms with Crippen LogP contribution < -0.4 is 4.83 Å². The van der Waals surface area contributed by atoms with Gasteiger partial charge in [0.15, 0.2) is 11.5 Å². The predicted octanol–water partition coefficient (Wildman–Crippen LogP) is 2.92. The highest BCUT2D eigenvalue weighted by Crippen LogP contribution is 2.24. The molecule has 0 radical (unpaired) electrons.